The molecule has 0 aromatic heterocycles. The van der Waals surface area contributed by atoms with E-state index in [0.29, 0.717) is 16.9 Å². The minimum atomic E-state index is -0.747. The van der Waals surface area contributed by atoms with Crippen LogP contribution in [-0.2, 0) is 11.3 Å². The number of carbonyl (C=O) groups excluding carboxylic acids is 2. The third kappa shape index (κ3) is 3.49. The lowest BCUT2D eigenvalue weighted by Gasteiger charge is -2.40. The SMILES string of the molecule is C[C@H]1C(=O)N(Cc2ccc(F)cc2)c2ccccc2N1C(=O)c1ccc(F)cc1. The first-order chi connectivity index (χ1) is 14.0. The molecule has 4 rings (SSSR count). The number of rotatable bonds is 3. The number of halogens is 2. The van der Waals surface area contributed by atoms with Crippen molar-refractivity contribution < 1.29 is 18.4 Å². The van der Waals surface area contributed by atoms with Crippen molar-refractivity contribution in [3.8, 4) is 0 Å². The molecule has 6 heteroatoms. The molecule has 4 nitrogen and oxygen atoms in total. The first-order valence-electron chi connectivity index (χ1n) is 9.19. The number of benzene rings is 3. The predicted octanol–water partition coefficient (Wildman–Crippen LogP) is 4.55. The van der Waals surface area contributed by atoms with E-state index >= 15 is 0 Å². The molecule has 0 radical (unpaired) electrons. The third-order valence-electron chi connectivity index (χ3n) is 5.01. The van der Waals surface area contributed by atoms with Crippen molar-refractivity contribution in [2.24, 2.45) is 0 Å². The normalized spacial score (nSPS) is 16.0. The van der Waals surface area contributed by atoms with E-state index in [1.165, 1.54) is 41.3 Å². The summed E-state index contributed by atoms with van der Waals surface area (Å²) in [6.45, 7) is 1.93. The van der Waals surface area contributed by atoms with Gasteiger partial charge in [-0.15, -0.1) is 0 Å². The van der Waals surface area contributed by atoms with Gasteiger partial charge in [0.25, 0.3) is 5.91 Å². The summed E-state index contributed by atoms with van der Waals surface area (Å²) in [6, 6.07) is 17.6. The van der Waals surface area contributed by atoms with E-state index in [0.717, 1.165) is 5.56 Å². The molecular formula is C23H18F2N2O2. The maximum absolute atomic E-state index is 13.2. The van der Waals surface area contributed by atoms with Gasteiger partial charge in [-0.2, -0.15) is 0 Å². The topological polar surface area (TPSA) is 40.6 Å². The molecule has 1 aliphatic rings. The Morgan fingerprint density at radius 1 is 0.862 bits per heavy atom. The lowest BCUT2D eigenvalue weighted by molar-refractivity contribution is -0.119. The first kappa shape index (κ1) is 18.8. The lowest BCUT2D eigenvalue weighted by atomic mass is 10.0. The Hall–Kier alpha value is -3.54. The van der Waals surface area contributed by atoms with E-state index in [9.17, 15) is 18.4 Å². The lowest BCUT2D eigenvalue weighted by Crippen LogP contribution is -2.54. The number of hydrogen-bond donors (Lipinski definition) is 0. The number of nitrogens with zero attached hydrogens (tertiary/aromatic N) is 2. The summed E-state index contributed by atoms with van der Waals surface area (Å²) < 4.78 is 26.5. The molecule has 3 aromatic carbocycles. The van der Waals surface area contributed by atoms with Crippen molar-refractivity contribution in [1.82, 2.24) is 0 Å². The summed E-state index contributed by atoms with van der Waals surface area (Å²) in [5.41, 5.74) is 2.26. The number of carbonyl (C=O) groups is 2. The summed E-state index contributed by atoms with van der Waals surface area (Å²) >= 11 is 0. The van der Waals surface area contributed by atoms with Crippen LogP contribution in [0.2, 0.25) is 0 Å². The Kier molecular flexibility index (Phi) is 4.84. The Morgan fingerprint density at radius 2 is 1.41 bits per heavy atom. The molecule has 0 saturated heterocycles. The Morgan fingerprint density at radius 3 is 2.03 bits per heavy atom. The van der Waals surface area contributed by atoms with Gasteiger partial charge in [0.15, 0.2) is 0 Å². The molecule has 2 amide bonds. The van der Waals surface area contributed by atoms with Crippen LogP contribution in [0.25, 0.3) is 0 Å². The fourth-order valence-corrected chi connectivity index (χ4v) is 3.51. The highest BCUT2D eigenvalue weighted by atomic mass is 19.1. The van der Waals surface area contributed by atoms with E-state index in [1.54, 1.807) is 48.2 Å². The van der Waals surface area contributed by atoms with E-state index < -0.39 is 11.9 Å². The third-order valence-corrected chi connectivity index (χ3v) is 5.01. The Bertz CT molecular complexity index is 1060. The van der Waals surface area contributed by atoms with Crippen LogP contribution >= 0.6 is 0 Å². The minimum absolute atomic E-state index is 0.247. The molecule has 0 N–H and O–H groups in total. The molecule has 0 fully saturated rings. The van der Waals surface area contributed by atoms with Crippen molar-refractivity contribution >= 4 is 23.2 Å². The highest BCUT2D eigenvalue weighted by molar-refractivity contribution is 6.17. The summed E-state index contributed by atoms with van der Waals surface area (Å²) in [5, 5.41) is 0. The van der Waals surface area contributed by atoms with Crippen LogP contribution in [0.4, 0.5) is 20.2 Å². The standard InChI is InChI=1S/C23H18F2N2O2/c1-15-22(28)26(14-16-6-10-18(24)11-7-16)20-4-2-3-5-21(20)27(15)23(29)17-8-12-19(25)13-9-17/h2-13,15H,14H2,1H3/t15-/m0/s1. The van der Waals surface area contributed by atoms with Gasteiger partial charge in [0.05, 0.1) is 17.9 Å². The summed E-state index contributed by atoms with van der Waals surface area (Å²) in [4.78, 5) is 29.3. The van der Waals surface area contributed by atoms with Crippen molar-refractivity contribution in [3.05, 3.63) is 95.6 Å². The molecule has 3 aromatic rings. The van der Waals surface area contributed by atoms with Gasteiger partial charge in [0, 0.05) is 5.56 Å². The molecule has 0 unspecified atom stereocenters. The van der Waals surface area contributed by atoms with Crippen LogP contribution in [0.15, 0.2) is 72.8 Å². The molecule has 1 heterocycles. The molecule has 1 aliphatic heterocycles. The van der Waals surface area contributed by atoms with Crippen molar-refractivity contribution in [2.45, 2.75) is 19.5 Å². The van der Waals surface area contributed by atoms with Crippen LogP contribution < -0.4 is 9.80 Å². The van der Waals surface area contributed by atoms with Crippen LogP contribution in [0.1, 0.15) is 22.8 Å². The smallest absolute Gasteiger partial charge is 0.259 e. The van der Waals surface area contributed by atoms with Gasteiger partial charge in [-0.05, 0) is 61.0 Å². The van der Waals surface area contributed by atoms with Gasteiger partial charge in [-0.3, -0.25) is 14.5 Å². The zero-order chi connectivity index (χ0) is 20.5. The summed E-state index contributed by atoms with van der Waals surface area (Å²) in [5.74, 6) is -1.40. The number of hydrogen-bond acceptors (Lipinski definition) is 2. The fourth-order valence-electron chi connectivity index (χ4n) is 3.51. The number of amides is 2. The average Bonchev–Trinajstić information content (AvgIpc) is 2.73. The molecule has 146 valence electrons. The van der Waals surface area contributed by atoms with Crippen LogP contribution in [0.3, 0.4) is 0 Å². The number of para-hydroxylation sites is 2. The second-order valence-corrected chi connectivity index (χ2v) is 6.90. The van der Waals surface area contributed by atoms with Crippen molar-refractivity contribution in [1.29, 1.82) is 0 Å². The molecule has 0 aliphatic carbocycles. The van der Waals surface area contributed by atoms with E-state index in [2.05, 4.69) is 0 Å². The van der Waals surface area contributed by atoms with Crippen LogP contribution in [-0.4, -0.2) is 17.9 Å². The largest absolute Gasteiger partial charge is 0.304 e. The van der Waals surface area contributed by atoms with Gasteiger partial charge < -0.3 is 4.90 Å². The Labute approximate surface area is 167 Å². The van der Waals surface area contributed by atoms with Gasteiger partial charge in [-0.1, -0.05) is 24.3 Å². The predicted molar refractivity (Wildman–Crippen MR) is 107 cm³/mol. The first-order valence-corrected chi connectivity index (χ1v) is 9.19. The molecular weight excluding hydrogens is 374 g/mol. The van der Waals surface area contributed by atoms with Gasteiger partial charge in [0.1, 0.15) is 17.7 Å². The second kappa shape index (κ2) is 7.47. The van der Waals surface area contributed by atoms with E-state index in [4.69, 9.17) is 0 Å². The quantitative estimate of drug-likeness (QED) is 0.656. The van der Waals surface area contributed by atoms with Gasteiger partial charge >= 0.3 is 0 Å². The number of fused-ring (bicyclic) bond motifs is 1. The number of anilines is 2. The highest BCUT2D eigenvalue weighted by Gasteiger charge is 2.38. The zero-order valence-corrected chi connectivity index (χ0v) is 15.7. The van der Waals surface area contributed by atoms with Gasteiger partial charge in [-0.25, -0.2) is 8.78 Å². The average molecular weight is 392 g/mol. The molecule has 0 saturated carbocycles. The summed E-state index contributed by atoms with van der Waals surface area (Å²) in [6.07, 6.45) is 0. The molecule has 1 atom stereocenters. The second-order valence-electron chi connectivity index (χ2n) is 6.90. The molecule has 0 bridgehead atoms. The maximum atomic E-state index is 13.2. The monoisotopic (exact) mass is 392 g/mol. The molecule has 29 heavy (non-hydrogen) atoms. The van der Waals surface area contributed by atoms with Gasteiger partial charge in [0.2, 0.25) is 5.91 Å². The molecule has 0 spiro atoms. The highest BCUT2D eigenvalue weighted by Crippen LogP contribution is 2.37. The van der Waals surface area contributed by atoms with Crippen molar-refractivity contribution in [2.75, 3.05) is 9.80 Å². The van der Waals surface area contributed by atoms with Crippen molar-refractivity contribution in [3.63, 3.8) is 0 Å². The van der Waals surface area contributed by atoms with Crippen LogP contribution in [0.5, 0.6) is 0 Å². The van der Waals surface area contributed by atoms with Crippen LogP contribution in [0, 0.1) is 11.6 Å². The zero-order valence-electron chi connectivity index (χ0n) is 15.7. The fraction of sp³-hybridized carbons (Fsp3) is 0.130. The maximum Gasteiger partial charge on any atom is 0.259 e. The summed E-state index contributed by atoms with van der Waals surface area (Å²) in [7, 11) is 0. The Balaban J connectivity index is 1.73. The van der Waals surface area contributed by atoms with E-state index in [-0.39, 0.29) is 24.2 Å². The van der Waals surface area contributed by atoms with E-state index in [1.807, 2.05) is 0 Å². The minimum Gasteiger partial charge on any atom is -0.304 e.